The first kappa shape index (κ1) is 13.4. The molecule has 1 rings (SSSR count). The van der Waals surface area contributed by atoms with E-state index in [0.717, 1.165) is 25.7 Å². The topological polar surface area (TPSA) is 96.0 Å². The standard InChI is InChI=1S/C10H19N3O2S/c11-6-7-16(14,15)13-10(8-12)9-4-2-1-3-5-9/h9-10,13H,1-5,7-8,12H2. The minimum Gasteiger partial charge on any atom is -0.329 e. The first-order valence-electron chi connectivity index (χ1n) is 5.66. The van der Waals surface area contributed by atoms with Crippen LogP contribution in [0.2, 0.25) is 0 Å². The average Bonchev–Trinajstić information content (AvgIpc) is 2.27. The van der Waals surface area contributed by atoms with Crippen molar-refractivity contribution in [1.29, 1.82) is 5.26 Å². The molecular formula is C10H19N3O2S. The maximum atomic E-state index is 11.5. The van der Waals surface area contributed by atoms with E-state index in [-0.39, 0.29) is 6.04 Å². The minimum atomic E-state index is -3.48. The molecule has 1 fully saturated rings. The molecule has 92 valence electrons. The Kier molecular flexibility index (Phi) is 5.19. The molecule has 0 aromatic heterocycles. The van der Waals surface area contributed by atoms with Gasteiger partial charge in [0.15, 0.2) is 5.75 Å². The lowest BCUT2D eigenvalue weighted by Gasteiger charge is -2.29. The highest BCUT2D eigenvalue weighted by Gasteiger charge is 2.26. The van der Waals surface area contributed by atoms with Crippen LogP contribution in [0.3, 0.4) is 0 Å². The van der Waals surface area contributed by atoms with Crippen molar-refractivity contribution in [2.24, 2.45) is 11.7 Å². The van der Waals surface area contributed by atoms with E-state index in [9.17, 15) is 8.42 Å². The van der Waals surface area contributed by atoms with Crippen molar-refractivity contribution in [2.45, 2.75) is 38.1 Å². The minimum absolute atomic E-state index is 0.210. The predicted molar refractivity (Wildman–Crippen MR) is 62.0 cm³/mol. The van der Waals surface area contributed by atoms with Crippen molar-refractivity contribution in [3.05, 3.63) is 0 Å². The maximum absolute atomic E-state index is 11.5. The maximum Gasteiger partial charge on any atom is 0.225 e. The Morgan fingerprint density at radius 3 is 2.50 bits per heavy atom. The summed E-state index contributed by atoms with van der Waals surface area (Å²) < 4.78 is 25.4. The van der Waals surface area contributed by atoms with E-state index in [1.807, 2.05) is 0 Å². The van der Waals surface area contributed by atoms with Crippen molar-refractivity contribution in [3.8, 4) is 6.07 Å². The zero-order valence-corrected chi connectivity index (χ0v) is 10.2. The number of nitrogens with two attached hydrogens (primary N) is 1. The van der Waals surface area contributed by atoms with E-state index in [4.69, 9.17) is 11.0 Å². The van der Waals surface area contributed by atoms with E-state index < -0.39 is 15.8 Å². The van der Waals surface area contributed by atoms with Gasteiger partial charge in [0.05, 0.1) is 6.07 Å². The van der Waals surface area contributed by atoms with E-state index in [2.05, 4.69) is 4.72 Å². The third-order valence-electron chi connectivity index (χ3n) is 3.06. The van der Waals surface area contributed by atoms with Gasteiger partial charge in [-0.2, -0.15) is 5.26 Å². The van der Waals surface area contributed by atoms with Crippen molar-refractivity contribution in [2.75, 3.05) is 12.3 Å². The summed E-state index contributed by atoms with van der Waals surface area (Å²) in [5.41, 5.74) is 5.60. The third kappa shape index (κ3) is 4.08. The van der Waals surface area contributed by atoms with E-state index in [1.54, 1.807) is 6.07 Å². The normalized spacial score (nSPS) is 20.2. The molecule has 1 aliphatic rings. The lowest BCUT2D eigenvalue weighted by Crippen LogP contribution is -2.46. The number of sulfonamides is 1. The molecule has 1 aliphatic carbocycles. The molecule has 0 aromatic rings. The Morgan fingerprint density at radius 1 is 1.38 bits per heavy atom. The number of hydrogen-bond donors (Lipinski definition) is 2. The number of nitrogens with zero attached hydrogens (tertiary/aromatic N) is 1. The number of rotatable bonds is 5. The van der Waals surface area contributed by atoms with Crippen molar-refractivity contribution in [3.63, 3.8) is 0 Å². The van der Waals surface area contributed by atoms with Gasteiger partial charge in [-0.3, -0.25) is 0 Å². The molecule has 0 heterocycles. The van der Waals surface area contributed by atoms with Crippen LogP contribution >= 0.6 is 0 Å². The fourth-order valence-corrected chi connectivity index (χ4v) is 3.23. The molecule has 16 heavy (non-hydrogen) atoms. The van der Waals surface area contributed by atoms with Gasteiger partial charge in [-0.1, -0.05) is 19.3 Å². The second-order valence-corrected chi connectivity index (χ2v) is 6.03. The van der Waals surface area contributed by atoms with Crippen LogP contribution in [0.5, 0.6) is 0 Å². The zero-order valence-electron chi connectivity index (χ0n) is 9.35. The van der Waals surface area contributed by atoms with Crippen LogP contribution in [0.15, 0.2) is 0 Å². The monoisotopic (exact) mass is 245 g/mol. The van der Waals surface area contributed by atoms with Crippen LogP contribution in [-0.2, 0) is 10.0 Å². The summed E-state index contributed by atoms with van der Waals surface area (Å²) in [5.74, 6) is -0.164. The molecule has 0 saturated heterocycles. The SMILES string of the molecule is N#CCS(=O)(=O)NC(CN)C1CCCCC1. The van der Waals surface area contributed by atoms with Gasteiger partial charge in [0.1, 0.15) is 0 Å². The van der Waals surface area contributed by atoms with Crippen LogP contribution in [0, 0.1) is 17.2 Å². The van der Waals surface area contributed by atoms with Crippen LogP contribution in [0.4, 0.5) is 0 Å². The zero-order chi connectivity index (χ0) is 12.0. The van der Waals surface area contributed by atoms with Gasteiger partial charge in [-0.15, -0.1) is 0 Å². The molecule has 0 aliphatic heterocycles. The van der Waals surface area contributed by atoms with Gasteiger partial charge in [0, 0.05) is 12.6 Å². The summed E-state index contributed by atoms with van der Waals surface area (Å²) in [6.45, 7) is 0.301. The van der Waals surface area contributed by atoms with Crippen LogP contribution in [0.25, 0.3) is 0 Å². The summed E-state index contributed by atoms with van der Waals surface area (Å²) in [7, 11) is -3.48. The molecular weight excluding hydrogens is 226 g/mol. The first-order valence-corrected chi connectivity index (χ1v) is 7.31. The molecule has 6 heteroatoms. The summed E-state index contributed by atoms with van der Waals surface area (Å²) in [6, 6.07) is 1.44. The summed E-state index contributed by atoms with van der Waals surface area (Å²) in [5, 5.41) is 8.40. The second kappa shape index (κ2) is 6.18. The summed E-state index contributed by atoms with van der Waals surface area (Å²) >= 11 is 0. The smallest absolute Gasteiger partial charge is 0.225 e. The van der Waals surface area contributed by atoms with E-state index in [0.29, 0.717) is 12.5 Å². The Morgan fingerprint density at radius 2 is 2.00 bits per heavy atom. The van der Waals surface area contributed by atoms with Gasteiger partial charge in [0.2, 0.25) is 10.0 Å². The van der Waals surface area contributed by atoms with Gasteiger partial charge < -0.3 is 5.73 Å². The number of hydrogen-bond acceptors (Lipinski definition) is 4. The molecule has 1 unspecified atom stereocenters. The van der Waals surface area contributed by atoms with E-state index >= 15 is 0 Å². The van der Waals surface area contributed by atoms with Crippen molar-refractivity contribution in [1.82, 2.24) is 4.72 Å². The largest absolute Gasteiger partial charge is 0.329 e. The molecule has 0 bridgehead atoms. The molecule has 1 saturated carbocycles. The molecule has 0 aromatic carbocycles. The Hall–Kier alpha value is -0.640. The third-order valence-corrected chi connectivity index (χ3v) is 4.23. The van der Waals surface area contributed by atoms with Gasteiger partial charge in [-0.05, 0) is 18.8 Å². The first-order chi connectivity index (χ1) is 7.59. The quantitative estimate of drug-likeness (QED) is 0.730. The highest BCUT2D eigenvalue weighted by atomic mass is 32.2. The average molecular weight is 245 g/mol. The summed E-state index contributed by atoms with van der Waals surface area (Å²) in [6.07, 6.45) is 5.55. The molecule has 5 nitrogen and oxygen atoms in total. The fraction of sp³-hybridized carbons (Fsp3) is 0.900. The van der Waals surface area contributed by atoms with E-state index in [1.165, 1.54) is 6.42 Å². The molecule has 0 radical (unpaired) electrons. The van der Waals surface area contributed by atoms with Crippen molar-refractivity contribution >= 4 is 10.0 Å². The van der Waals surface area contributed by atoms with Gasteiger partial charge in [-0.25, -0.2) is 13.1 Å². The predicted octanol–water partition coefficient (Wildman–Crippen LogP) is 0.337. The lowest BCUT2D eigenvalue weighted by atomic mass is 9.84. The summed E-state index contributed by atoms with van der Waals surface area (Å²) in [4.78, 5) is 0. The van der Waals surface area contributed by atoms with Crippen LogP contribution < -0.4 is 10.5 Å². The molecule has 0 amide bonds. The number of nitrogens with one attached hydrogen (secondary N) is 1. The van der Waals surface area contributed by atoms with Gasteiger partial charge >= 0.3 is 0 Å². The molecule has 3 N–H and O–H groups in total. The Balaban J connectivity index is 2.57. The highest BCUT2D eigenvalue weighted by molar-refractivity contribution is 7.89. The van der Waals surface area contributed by atoms with Crippen LogP contribution in [0.1, 0.15) is 32.1 Å². The Bertz CT molecular complexity index is 342. The fourth-order valence-electron chi connectivity index (χ4n) is 2.23. The second-order valence-electron chi connectivity index (χ2n) is 4.28. The molecule has 1 atom stereocenters. The lowest BCUT2D eigenvalue weighted by molar-refractivity contribution is 0.294. The Labute approximate surface area is 97.1 Å². The van der Waals surface area contributed by atoms with Gasteiger partial charge in [0.25, 0.3) is 0 Å². The molecule has 0 spiro atoms. The highest BCUT2D eigenvalue weighted by Crippen LogP contribution is 2.26. The number of nitriles is 1. The van der Waals surface area contributed by atoms with Crippen LogP contribution in [-0.4, -0.2) is 26.8 Å². The van der Waals surface area contributed by atoms with Crippen molar-refractivity contribution < 1.29 is 8.42 Å².